The molecule has 0 N–H and O–H groups in total. The van der Waals surface area contributed by atoms with Crippen LogP contribution < -0.4 is 4.74 Å². The maximum absolute atomic E-state index is 5.96. The molecule has 0 fully saturated rings. The molecule has 7 nitrogen and oxygen atoms in total. The van der Waals surface area contributed by atoms with Crippen LogP contribution in [0.1, 0.15) is 5.69 Å². The van der Waals surface area contributed by atoms with Crippen molar-refractivity contribution < 1.29 is 4.74 Å². The monoisotopic (exact) mass is 292 g/mol. The van der Waals surface area contributed by atoms with Gasteiger partial charge in [-0.05, 0) is 24.3 Å². The van der Waals surface area contributed by atoms with Gasteiger partial charge in [0.1, 0.15) is 31.3 Å². The molecule has 0 atom stereocenters. The van der Waals surface area contributed by atoms with Gasteiger partial charge in [0, 0.05) is 0 Å². The van der Waals surface area contributed by atoms with Crippen LogP contribution in [0.15, 0.2) is 61.4 Å². The third-order valence-electron chi connectivity index (χ3n) is 3.32. The number of aromatic nitrogens is 6. The number of hydrogen-bond donors (Lipinski definition) is 0. The highest BCUT2D eigenvalue weighted by molar-refractivity contribution is 5.46. The summed E-state index contributed by atoms with van der Waals surface area (Å²) in [6.07, 6.45) is 4.81. The molecular formula is C15H12N6O. The van der Waals surface area contributed by atoms with E-state index in [1.54, 1.807) is 17.2 Å². The lowest BCUT2D eigenvalue weighted by Crippen LogP contribution is -2.05. The molecule has 22 heavy (non-hydrogen) atoms. The zero-order valence-corrected chi connectivity index (χ0v) is 11.6. The fourth-order valence-corrected chi connectivity index (χ4v) is 2.28. The first-order chi connectivity index (χ1) is 10.9. The highest BCUT2D eigenvalue weighted by atomic mass is 16.5. The quantitative estimate of drug-likeness (QED) is 0.574. The van der Waals surface area contributed by atoms with Crippen LogP contribution in [0.4, 0.5) is 0 Å². The van der Waals surface area contributed by atoms with Gasteiger partial charge in [0.15, 0.2) is 5.65 Å². The van der Waals surface area contributed by atoms with Gasteiger partial charge in [0.05, 0.1) is 11.4 Å². The molecule has 0 saturated carbocycles. The molecule has 4 aromatic rings. The summed E-state index contributed by atoms with van der Waals surface area (Å²) in [6.45, 7) is 0.389. The number of fused-ring (bicyclic) bond motifs is 1. The van der Waals surface area contributed by atoms with Gasteiger partial charge in [-0.1, -0.05) is 18.2 Å². The predicted molar refractivity (Wildman–Crippen MR) is 78.7 cm³/mol. The minimum Gasteiger partial charge on any atom is -0.485 e. The summed E-state index contributed by atoms with van der Waals surface area (Å²) in [6, 6.07) is 13.5. The third-order valence-corrected chi connectivity index (χ3v) is 3.32. The zero-order valence-electron chi connectivity index (χ0n) is 11.6. The van der Waals surface area contributed by atoms with E-state index in [2.05, 4.69) is 20.3 Å². The van der Waals surface area contributed by atoms with Crippen molar-refractivity contribution in [2.45, 2.75) is 6.61 Å². The highest BCUT2D eigenvalue weighted by Crippen LogP contribution is 2.22. The van der Waals surface area contributed by atoms with Crippen molar-refractivity contribution in [1.82, 2.24) is 29.4 Å². The SMILES string of the molecule is c1ccc(-n2cnnc2)c(OCc2cccc3ncnn23)c1. The van der Waals surface area contributed by atoms with Crippen molar-refractivity contribution in [3.8, 4) is 11.4 Å². The summed E-state index contributed by atoms with van der Waals surface area (Å²) in [4.78, 5) is 4.17. The van der Waals surface area contributed by atoms with Gasteiger partial charge in [-0.25, -0.2) is 9.50 Å². The van der Waals surface area contributed by atoms with Crippen molar-refractivity contribution in [2.24, 2.45) is 0 Å². The van der Waals surface area contributed by atoms with Crippen LogP contribution in [0.25, 0.3) is 11.3 Å². The second-order valence-electron chi connectivity index (χ2n) is 4.67. The van der Waals surface area contributed by atoms with Crippen LogP contribution in [0.2, 0.25) is 0 Å². The Bertz CT molecular complexity index is 899. The van der Waals surface area contributed by atoms with Gasteiger partial charge in [-0.2, -0.15) is 5.10 Å². The van der Waals surface area contributed by atoms with E-state index in [-0.39, 0.29) is 0 Å². The molecule has 7 heteroatoms. The molecule has 1 aromatic carbocycles. The number of para-hydroxylation sites is 2. The molecule has 0 aliphatic heterocycles. The fourth-order valence-electron chi connectivity index (χ4n) is 2.28. The van der Waals surface area contributed by atoms with E-state index in [1.165, 1.54) is 6.33 Å². The van der Waals surface area contributed by atoms with Crippen LogP contribution >= 0.6 is 0 Å². The number of pyridine rings is 1. The largest absolute Gasteiger partial charge is 0.485 e. The van der Waals surface area contributed by atoms with Crippen molar-refractivity contribution in [3.63, 3.8) is 0 Å². The summed E-state index contributed by atoms with van der Waals surface area (Å²) >= 11 is 0. The summed E-state index contributed by atoms with van der Waals surface area (Å²) < 4.78 is 9.54. The topological polar surface area (TPSA) is 70.1 Å². The molecule has 0 aliphatic carbocycles. The summed E-state index contributed by atoms with van der Waals surface area (Å²) in [5.41, 5.74) is 2.61. The van der Waals surface area contributed by atoms with Gasteiger partial charge in [-0.3, -0.25) is 4.57 Å². The van der Waals surface area contributed by atoms with Gasteiger partial charge < -0.3 is 4.74 Å². The average Bonchev–Trinajstić information content (AvgIpc) is 3.24. The molecule has 0 aliphatic rings. The molecule has 0 amide bonds. The Morgan fingerprint density at radius 3 is 2.73 bits per heavy atom. The maximum Gasteiger partial charge on any atom is 0.155 e. The van der Waals surface area contributed by atoms with E-state index >= 15 is 0 Å². The van der Waals surface area contributed by atoms with E-state index < -0.39 is 0 Å². The molecular weight excluding hydrogens is 280 g/mol. The van der Waals surface area contributed by atoms with Gasteiger partial charge in [0.25, 0.3) is 0 Å². The van der Waals surface area contributed by atoms with Gasteiger partial charge >= 0.3 is 0 Å². The Balaban J connectivity index is 1.64. The highest BCUT2D eigenvalue weighted by Gasteiger charge is 2.07. The fraction of sp³-hybridized carbons (Fsp3) is 0.0667. The first-order valence-electron chi connectivity index (χ1n) is 6.76. The average molecular weight is 292 g/mol. The van der Waals surface area contributed by atoms with Gasteiger partial charge in [0.2, 0.25) is 0 Å². The Labute approximate surface area is 125 Å². The minimum atomic E-state index is 0.389. The standard InChI is InChI=1S/C15H12N6O/c1-2-6-14(13(5-1)20-10-17-18-11-20)22-8-12-4-3-7-15-16-9-19-21(12)15/h1-7,9-11H,8H2. The van der Waals surface area contributed by atoms with Crippen LogP contribution in [-0.2, 0) is 6.61 Å². The molecule has 0 radical (unpaired) electrons. The second kappa shape index (κ2) is 5.28. The van der Waals surface area contributed by atoms with Crippen LogP contribution in [-0.4, -0.2) is 29.4 Å². The van der Waals surface area contributed by atoms with Gasteiger partial charge in [-0.15, -0.1) is 10.2 Å². The number of hydrogen-bond acceptors (Lipinski definition) is 5. The number of benzene rings is 1. The van der Waals surface area contributed by atoms with Crippen molar-refractivity contribution in [3.05, 3.63) is 67.1 Å². The molecule has 0 saturated heterocycles. The van der Waals surface area contributed by atoms with Crippen LogP contribution in [0, 0.1) is 0 Å². The first kappa shape index (κ1) is 12.5. The van der Waals surface area contributed by atoms with E-state index in [0.717, 1.165) is 22.8 Å². The Morgan fingerprint density at radius 1 is 0.955 bits per heavy atom. The third kappa shape index (κ3) is 2.18. The molecule has 0 unspecified atom stereocenters. The summed E-state index contributed by atoms with van der Waals surface area (Å²) in [7, 11) is 0. The molecule has 0 bridgehead atoms. The molecule has 0 spiro atoms. The Kier molecular flexibility index (Phi) is 3.01. The summed E-state index contributed by atoms with van der Waals surface area (Å²) in [5.74, 6) is 0.749. The van der Waals surface area contributed by atoms with E-state index in [0.29, 0.717) is 6.61 Å². The van der Waals surface area contributed by atoms with Crippen LogP contribution in [0.3, 0.4) is 0 Å². The molecule has 108 valence electrons. The normalized spacial score (nSPS) is 10.9. The van der Waals surface area contributed by atoms with E-state index in [4.69, 9.17) is 4.74 Å². The van der Waals surface area contributed by atoms with Crippen molar-refractivity contribution in [1.29, 1.82) is 0 Å². The second-order valence-corrected chi connectivity index (χ2v) is 4.67. The molecule has 3 aromatic heterocycles. The lowest BCUT2D eigenvalue weighted by molar-refractivity contribution is 0.297. The molecule has 3 heterocycles. The smallest absolute Gasteiger partial charge is 0.155 e. The Morgan fingerprint density at radius 2 is 1.82 bits per heavy atom. The zero-order chi connectivity index (χ0) is 14.8. The lowest BCUT2D eigenvalue weighted by atomic mass is 10.3. The maximum atomic E-state index is 5.96. The number of nitrogens with zero attached hydrogens (tertiary/aromatic N) is 6. The first-order valence-corrected chi connectivity index (χ1v) is 6.76. The Hall–Kier alpha value is -3.22. The summed E-state index contributed by atoms with van der Waals surface area (Å²) in [5, 5.41) is 11.9. The van der Waals surface area contributed by atoms with Crippen molar-refractivity contribution >= 4 is 5.65 Å². The lowest BCUT2D eigenvalue weighted by Gasteiger charge is -2.12. The van der Waals surface area contributed by atoms with Crippen LogP contribution in [0.5, 0.6) is 5.75 Å². The van der Waals surface area contributed by atoms with E-state index in [1.807, 2.05) is 47.0 Å². The van der Waals surface area contributed by atoms with E-state index in [9.17, 15) is 0 Å². The predicted octanol–water partition coefficient (Wildman–Crippen LogP) is 1.89. The number of ether oxygens (including phenoxy) is 1. The van der Waals surface area contributed by atoms with Crippen molar-refractivity contribution in [2.75, 3.05) is 0 Å². The number of rotatable bonds is 4. The minimum absolute atomic E-state index is 0.389. The molecule has 4 rings (SSSR count).